The molecule has 0 radical (unpaired) electrons. The van der Waals surface area contributed by atoms with Crippen molar-refractivity contribution in [2.24, 2.45) is 0 Å². The van der Waals surface area contributed by atoms with Crippen molar-refractivity contribution in [3.8, 4) is 0 Å². The van der Waals surface area contributed by atoms with Crippen LogP contribution in [0.5, 0.6) is 0 Å². The first-order valence-electron chi connectivity index (χ1n) is 3.42. The molecule has 8 heavy (non-hydrogen) atoms. The van der Waals surface area contributed by atoms with Crippen molar-refractivity contribution in [1.29, 1.82) is 0 Å². The molecule has 1 aliphatic heterocycles. The van der Waals surface area contributed by atoms with Crippen LogP contribution in [0.15, 0.2) is 0 Å². The zero-order chi connectivity index (χ0) is 6.20. The smallest absolute Gasteiger partial charge is 0.122 e. The van der Waals surface area contributed by atoms with Gasteiger partial charge in [0, 0.05) is 13.1 Å². The van der Waals surface area contributed by atoms with E-state index in [1.54, 1.807) is 0 Å². The van der Waals surface area contributed by atoms with Gasteiger partial charge in [-0.3, -0.25) is 0 Å². The summed E-state index contributed by atoms with van der Waals surface area (Å²) in [6.45, 7) is 9.96. The third kappa shape index (κ3) is 1.12. The topological polar surface area (TPSA) is 3.01 Å². The van der Waals surface area contributed by atoms with Crippen molar-refractivity contribution < 1.29 is 0 Å². The lowest BCUT2D eigenvalue weighted by molar-refractivity contribution is 0.829. The fraction of sp³-hybridized carbons (Fsp3) is 1.00. The Balaban J connectivity index is 2.37. The van der Waals surface area contributed by atoms with Crippen LogP contribution >= 0.6 is 0 Å². The Hall–Kier alpha value is 0.177. The van der Waals surface area contributed by atoms with Gasteiger partial charge in [-0.15, -0.1) is 0 Å². The summed E-state index contributed by atoms with van der Waals surface area (Å²) in [4.78, 5) is 0. The molecule has 0 saturated carbocycles. The normalized spacial score (nSPS) is 21.4. The zero-order valence-electron chi connectivity index (χ0n) is 6.07. The minimum Gasteiger partial charge on any atom is -0.321 e. The third-order valence-electron chi connectivity index (χ3n) is 2.17. The first-order valence-corrected chi connectivity index (χ1v) is 6.57. The van der Waals surface area contributed by atoms with Crippen LogP contribution in [0.2, 0.25) is 19.1 Å². The molecule has 0 aromatic rings. The maximum atomic E-state index is 2.63. The molecular weight excluding hydrogens is 114 g/mol. The summed E-state index contributed by atoms with van der Waals surface area (Å²) in [5, 5.41) is 0. The van der Waals surface area contributed by atoms with Crippen LogP contribution in [0.1, 0.15) is 6.92 Å². The summed E-state index contributed by atoms with van der Waals surface area (Å²) in [5.41, 5.74) is 0. The minimum atomic E-state index is -0.810. The average Bonchev–Trinajstić information content (AvgIpc) is 2.44. The van der Waals surface area contributed by atoms with Gasteiger partial charge in [-0.25, -0.2) is 0 Å². The maximum Gasteiger partial charge on any atom is 0.122 e. The van der Waals surface area contributed by atoms with E-state index in [9.17, 15) is 0 Å². The van der Waals surface area contributed by atoms with Gasteiger partial charge < -0.3 is 4.57 Å². The Kier molecular flexibility index (Phi) is 1.45. The predicted molar refractivity (Wildman–Crippen MR) is 39.5 cm³/mol. The lowest BCUT2D eigenvalue weighted by Crippen LogP contribution is -2.34. The molecule has 0 unspecified atom stereocenters. The number of rotatable bonds is 2. The second-order valence-electron chi connectivity index (χ2n) is 3.15. The molecule has 0 N–H and O–H groups in total. The van der Waals surface area contributed by atoms with E-state index in [1.165, 1.54) is 19.1 Å². The molecule has 2 heteroatoms. The molecule has 1 heterocycles. The van der Waals surface area contributed by atoms with Crippen molar-refractivity contribution in [3.05, 3.63) is 0 Å². The van der Waals surface area contributed by atoms with E-state index in [0.717, 1.165) is 0 Å². The Morgan fingerprint density at radius 2 is 1.88 bits per heavy atom. The van der Waals surface area contributed by atoms with Crippen LogP contribution in [0.25, 0.3) is 0 Å². The van der Waals surface area contributed by atoms with Crippen LogP contribution in [0.3, 0.4) is 0 Å². The van der Waals surface area contributed by atoms with Gasteiger partial charge in [-0.1, -0.05) is 20.0 Å². The van der Waals surface area contributed by atoms with Gasteiger partial charge in [0.1, 0.15) is 8.24 Å². The fourth-order valence-electron chi connectivity index (χ4n) is 0.879. The van der Waals surface area contributed by atoms with E-state index < -0.39 is 8.24 Å². The molecular formula is C6H15NSi. The third-order valence-corrected chi connectivity index (χ3v) is 6.06. The largest absolute Gasteiger partial charge is 0.321 e. The molecule has 0 bridgehead atoms. The Bertz CT molecular complexity index is 86.5. The van der Waals surface area contributed by atoms with Gasteiger partial charge in [0.15, 0.2) is 0 Å². The predicted octanol–water partition coefficient (Wildman–Crippen LogP) is 1.53. The molecule has 0 spiro atoms. The molecule has 1 rings (SSSR count). The first kappa shape index (κ1) is 6.30. The van der Waals surface area contributed by atoms with Crippen LogP contribution in [-0.4, -0.2) is 25.9 Å². The molecule has 1 nitrogen and oxygen atoms in total. The van der Waals surface area contributed by atoms with E-state index in [4.69, 9.17) is 0 Å². The van der Waals surface area contributed by atoms with Crippen LogP contribution in [0, 0.1) is 0 Å². The molecule has 1 saturated heterocycles. The summed E-state index contributed by atoms with van der Waals surface area (Å²) in [6, 6.07) is 1.41. The number of hydrogen-bond acceptors (Lipinski definition) is 1. The van der Waals surface area contributed by atoms with E-state index in [1.807, 2.05) is 0 Å². The summed E-state index contributed by atoms with van der Waals surface area (Å²) in [6.07, 6.45) is 0. The summed E-state index contributed by atoms with van der Waals surface area (Å²) >= 11 is 0. The van der Waals surface area contributed by atoms with Crippen LogP contribution < -0.4 is 0 Å². The highest BCUT2D eigenvalue weighted by Gasteiger charge is 2.34. The highest BCUT2D eigenvalue weighted by Crippen LogP contribution is 2.21. The molecule has 0 aromatic carbocycles. The van der Waals surface area contributed by atoms with Crippen molar-refractivity contribution >= 4 is 8.24 Å². The highest BCUT2D eigenvalue weighted by molar-refractivity contribution is 6.75. The minimum absolute atomic E-state index is 0.810. The van der Waals surface area contributed by atoms with Crippen LogP contribution in [-0.2, 0) is 0 Å². The molecule has 1 fully saturated rings. The second kappa shape index (κ2) is 1.85. The summed E-state index contributed by atoms with van der Waals surface area (Å²) in [5.74, 6) is 0. The number of hydrogen-bond donors (Lipinski definition) is 0. The fourth-order valence-corrected chi connectivity index (χ4v) is 2.64. The lowest BCUT2D eigenvalue weighted by Gasteiger charge is -2.20. The Morgan fingerprint density at radius 3 is 2.00 bits per heavy atom. The molecule has 0 aliphatic carbocycles. The second-order valence-corrected chi connectivity index (χ2v) is 8.12. The molecule has 0 amide bonds. The molecule has 48 valence electrons. The monoisotopic (exact) mass is 129 g/mol. The van der Waals surface area contributed by atoms with E-state index >= 15 is 0 Å². The van der Waals surface area contributed by atoms with E-state index in [0.29, 0.717) is 0 Å². The zero-order valence-corrected chi connectivity index (χ0v) is 7.07. The van der Waals surface area contributed by atoms with Crippen molar-refractivity contribution in [3.63, 3.8) is 0 Å². The maximum absolute atomic E-state index is 2.63. The summed E-state index contributed by atoms with van der Waals surface area (Å²) in [7, 11) is -0.810. The molecule has 0 atom stereocenters. The van der Waals surface area contributed by atoms with Crippen molar-refractivity contribution in [1.82, 2.24) is 4.57 Å². The van der Waals surface area contributed by atoms with E-state index in [2.05, 4.69) is 24.6 Å². The molecule has 0 aromatic heterocycles. The summed E-state index contributed by atoms with van der Waals surface area (Å²) < 4.78 is 2.63. The van der Waals surface area contributed by atoms with E-state index in [-0.39, 0.29) is 0 Å². The highest BCUT2D eigenvalue weighted by atomic mass is 28.3. The van der Waals surface area contributed by atoms with Crippen LogP contribution in [0.4, 0.5) is 0 Å². The average molecular weight is 129 g/mol. The van der Waals surface area contributed by atoms with Gasteiger partial charge in [0.2, 0.25) is 0 Å². The van der Waals surface area contributed by atoms with Crippen molar-refractivity contribution in [2.45, 2.75) is 26.1 Å². The lowest BCUT2D eigenvalue weighted by atomic mass is 11.0. The number of nitrogens with zero attached hydrogens (tertiary/aromatic N) is 1. The van der Waals surface area contributed by atoms with Gasteiger partial charge in [-0.2, -0.15) is 0 Å². The SMILES string of the molecule is CC[Si](C)(C)N1CC1. The van der Waals surface area contributed by atoms with Gasteiger partial charge in [-0.05, 0) is 6.04 Å². The first-order chi connectivity index (χ1) is 3.67. The van der Waals surface area contributed by atoms with Gasteiger partial charge in [0.05, 0.1) is 0 Å². The van der Waals surface area contributed by atoms with Gasteiger partial charge >= 0.3 is 0 Å². The Morgan fingerprint density at radius 1 is 1.38 bits per heavy atom. The molecule has 1 aliphatic rings. The van der Waals surface area contributed by atoms with Gasteiger partial charge in [0.25, 0.3) is 0 Å². The van der Waals surface area contributed by atoms with Crippen molar-refractivity contribution in [2.75, 3.05) is 13.1 Å². The standard InChI is InChI=1S/C6H15NSi/c1-4-8(2,3)7-5-6-7/h4-6H2,1-3H3. The quantitative estimate of drug-likeness (QED) is 0.403. The Labute approximate surface area is 52.8 Å².